The van der Waals surface area contributed by atoms with E-state index in [0.717, 1.165) is 12.1 Å². The van der Waals surface area contributed by atoms with Gasteiger partial charge in [0.2, 0.25) is 5.91 Å². The van der Waals surface area contributed by atoms with E-state index in [0.29, 0.717) is 16.3 Å². The molecule has 0 radical (unpaired) electrons. The van der Waals surface area contributed by atoms with E-state index in [4.69, 9.17) is 11.6 Å². The van der Waals surface area contributed by atoms with Crippen molar-refractivity contribution < 1.29 is 13.6 Å². The molecule has 0 aliphatic heterocycles. The molecule has 0 aliphatic rings. The number of benzene rings is 2. The highest BCUT2D eigenvalue weighted by molar-refractivity contribution is 6.30. The molecule has 6 heteroatoms. The van der Waals surface area contributed by atoms with Crippen LogP contribution in [0.2, 0.25) is 5.02 Å². The van der Waals surface area contributed by atoms with Crippen molar-refractivity contribution in [2.45, 2.75) is 25.9 Å². The Morgan fingerprint density at radius 1 is 1.09 bits per heavy atom. The largest absolute Gasteiger partial charge is 0.325 e. The quantitative estimate of drug-likeness (QED) is 0.853. The maximum atomic E-state index is 13.3. The normalized spacial score (nSPS) is 13.4. The first-order chi connectivity index (χ1) is 10.9. The van der Waals surface area contributed by atoms with Gasteiger partial charge in [0, 0.05) is 16.8 Å². The van der Waals surface area contributed by atoms with E-state index in [2.05, 4.69) is 10.6 Å². The topological polar surface area (TPSA) is 41.1 Å². The van der Waals surface area contributed by atoms with Crippen LogP contribution in [0.15, 0.2) is 42.5 Å². The van der Waals surface area contributed by atoms with Crippen LogP contribution >= 0.6 is 11.6 Å². The molecule has 2 aromatic rings. The van der Waals surface area contributed by atoms with Crippen LogP contribution in [0, 0.1) is 11.6 Å². The second-order valence-corrected chi connectivity index (χ2v) is 5.72. The van der Waals surface area contributed by atoms with Gasteiger partial charge < -0.3 is 5.32 Å². The number of hydrogen-bond acceptors (Lipinski definition) is 2. The molecule has 2 rings (SSSR count). The molecule has 0 heterocycles. The minimum Gasteiger partial charge on any atom is -0.325 e. The van der Waals surface area contributed by atoms with Crippen molar-refractivity contribution in [3.05, 3.63) is 64.7 Å². The number of anilines is 1. The van der Waals surface area contributed by atoms with E-state index >= 15 is 0 Å². The van der Waals surface area contributed by atoms with Crippen LogP contribution in [-0.2, 0) is 4.79 Å². The molecule has 0 saturated heterocycles. The first kappa shape index (κ1) is 17.4. The monoisotopic (exact) mass is 338 g/mol. The molecule has 0 saturated carbocycles. The first-order valence-corrected chi connectivity index (χ1v) is 7.52. The van der Waals surface area contributed by atoms with Gasteiger partial charge in [-0.3, -0.25) is 10.1 Å². The molecule has 0 bridgehead atoms. The fourth-order valence-corrected chi connectivity index (χ4v) is 2.34. The van der Waals surface area contributed by atoms with E-state index in [-0.39, 0.29) is 11.9 Å². The van der Waals surface area contributed by atoms with Crippen molar-refractivity contribution in [2.75, 3.05) is 5.32 Å². The van der Waals surface area contributed by atoms with Crippen LogP contribution in [0.5, 0.6) is 0 Å². The van der Waals surface area contributed by atoms with Crippen molar-refractivity contribution in [1.29, 1.82) is 0 Å². The first-order valence-electron chi connectivity index (χ1n) is 7.14. The van der Waals surface area contributed by atoms with Crippen molar-refractivity contribution in [3.63, 3.8) is 0 Å². The number of nitrogens with one attached hydrogen (secondary N) is 2. The van der Waals surface area contributed by atoms with Gasteiger partial charge in [-0.05, 0) is 49.7 Å². The van der Waals surface area contributed by atoms with Gasteiger partial charge in [0.05, 0.1) is 6.04 Å². The van der Waals surface area contributed by atoms with Crippen molar-refractivity contribution in [1.82, 2.24) is 5.32 Å². The molecule has 122 valence electrons. The van der Waals surface area contributed by atoms with Gasteiger partial charge in [0.25, 0.3) is 0 Å². The Morgan fingerprint density at radius 3 is 2.48 bits per heavy atom. The Balaban J connectivity index is 1.98. The SMILES string of the molecule is C[C@@H](N[C@H](C)c1ccc(F)c(F)c1)C(=O)Nc1cccc(Cl)c1. The van der Waals surface area contributed by atoms with Gasteiger partial charge in [-0.15, -0.1) is 0 Å². The van der Waals surface area contributed by atoms with Crippen LogP contribution in [0.1, 0.15) is 25.5 Å². The fraction of sp³-hybridized carbons (Fsp3) is 0.235. The third kappa shape index (κ3) is 4.74. The molecule has 2 atom stereocenters. The summed E-state index contributed by atoms with van der Waals surface area (Å²) in [6.07, 6.45) is 0. The van der Waals surface area contributed by atoms with E-state index in [1.165, 1.54) is 6.07 Å². The summed E-state index contributed by atoms with van der Waals surface area (Å²) >= 11 is 5.87. The van der Waals surface area contributed by atoms with Crippen molar-refractivity contribution in [3.8, 4) is 0 Å². The highest BCUT2D eigenvalue weighted by Crippen LogP contribution is 2.18. The molecule has 2 aromatic carbocycles. The second-order valence-electron chi connectivity index (χ2n) is 5.28. The molecule has 0 aromatic heterocycles. The minimum atomic E-state index is -0.910. The van der Waals surface area contributed by atoms with Crippen LogP contribution in [0.4, 0.5) is 14.5 Å². The predicted octanol–water partition coefficient (Wildman–Crippen LogP) is 4.30. The molecule has 23 heavy (non-hydrogen) atoms. The summed E-state index contributed by atoms with van der Waals surface area (Å²) in [6.45, 7) is 3.46. The number of carbonyl (C=O) groups is 1. The Kier molecular flexibility index (Phi) is 5.69. The Bertz CT molecular complexity index is 709. The standard InChI is InChI=1S/C17H17ClF2N2O/c1-10(12-6-7-15(19)16(20)8-12)21-11(2)17(23)22-14-5-3-4-13(18)9-14/h3-11,21H,1-2H3,(H,22,23)/t10-,11-/m1/s1. The van der Waals surface area contributed by atoms with Crippen LogP contribution in [0.25, 0.3) is 0 Å². The van der Waals surface area contributed by atoms with Gasteiger partial charge in [0.15, 0.2) is 11.6 Å². The van der Waals surface area contributed by atoms with Gasteiger partial charge in [0.1, 0.15) is 0 Å². The summed E-state index contributed by atoms with van der Waals surface area (Å²) in [6, 6.07) is 9.65. The zero-order chi connectivity index (χ0) is 17.0. The molecule has 0 spiro atoms. The number of amides is 1. The maximum absolute atomic E-state index is 13.3. The van der Waals surface area contributed by atoms with E-state index in [1.54, 1.807) is 38.1 Å². The number of carbonyl (C=O) groups excluding carboxylic acids is 1. The molecule has 3 nitrogen and oxygen atoms in total. The van der Waals surface area contributed by atoms with Crippen molar-refractivity contribution in [2.24, 2.45) is 0 Å². The molecular weight excluding hydrogens is 322 g/mol. The summed E-state index contributed by atoms with van der Waals surface area (Å²) < 4.78 is 26.2. The average molecular weight is 339 g/mol. The van der Waals surface area contributed by atoms with Crippen LogP contribution < -0.4 is 10.6 Å². The van der Waals surface area contributed by atoms with Gasteiger partial charge in [-0.25, -0.2) is 8.78 Å². The summed E-state index contributed by atoms with van der Waals surface area (Å²) in [5.41, 5.74) is 1.16. The lowest BCUT2D eigenvalue weighted by Crippen LogP contribution is -2.39. The summed E-state index contributed by atoms with van der Waals surface area (Å²) in [7, 11) is 0. The molecule has 0 fully saturated rings. The molecule has 0 aliphatic carbocycles. The summed E-state index contributed by atoms with van der Waals surface area (Å²) in [5, 5.41) is 6.31. The zero-order valence-corrected chi connectivity index (χ0v) is 13.5. The summed E-state index contributed by atoms with van der Waals surface area (Å²) in [4.78, 5) is 12.2. The smallest absolute Gasteiger partial charge is 0.241 e. The molecular formula is C17H17ClF2N2O. The van der Waals surface area contributed by atoms with E-state index in [9.17, 15) is 13.6 Å². The maximum Gasteiger partial charge on any atom is 0.241 e. The highest BCUT2D eigenvalue weighted by Gasteiger charge is 2.17. The predicted molar refractivity (Wildman–Crippen MR) is 87.5 cm³/mol. The lowest BCUT2D eigenvalue weighted by atomic mass is 10.1. The highest BCUT2D eigenvalue weighted by atomic mass is 35.5. The fourth-order valence-electron chi connectivity index (χ4n) is 2.15. The summed E-state index contributed by atoms with van der Waals surface area (Å²) in [5.74, 6) is -2.05. The Labute approximate surface area is 138 Å². The third-order valence-corrected chi connectivity index (χ3v) is 3.66. The molecule has 0 unspecified atom stereocenters. The second kappa shape index (κ2) is 7.53. The molecule has 1 amide bonds. The zero-order valence-electron chi connectivity index (χ0n) is 12.7. The lowest BCUT2D eigenvalue weighted by Gasteiger charge is -2.20. The number of hydrogen-bond donors (Lipinski definition) is 2. The average Bonchev–Trinajstić information content (AvgIpc) is 2.49. The Morgan fingerprint density at radius 2 is 1.83 bits per heavy atom. The molecule has 2 N–H and O–H groups in total. The van der Waals surface area contributed by atoms with Crippen LogP contribution in [0.3, 0.4) is 0 Å². The van der Waals surface area contributed by atoms with Gasteiger partial charge >= 0.3 is 0 Å². The van der Waals surface area contributed by atoms with Crippen molar-refractivity contribution >= 4 is 23.2 Å². The van der Waals surface area contributed by atoms with E-state index < -0.39 is 17.7 Å². The number of rotatable bonds is 5. The van der Waals surface area contributed by atoms with E-state index in [1.807, 2.05) is 0 Å². The number of halogens is 3. The van der Waals surface area contributed by atoms with Crippen LogP contribution in [-0.4, -0.2) is 11.9 Å². The van der Waals surface area contributed by atoms with Gasteiger partial charge in [-0.1, -0.05) is 23.7 Å². The third-order valence-electron chi connectivity index (χ3n) is 3.43. The minimum absolute atomic E-state index is 0.248. The Hall–Kier alpha value is -1.98. The van der Waals surface area contributed by atoms with Gasteiger partial charge in [-0.2, -0.15) is 0 Å². The lowest BCUT2D eigenvalue weighted by molar-refractivity contribution is -0.117.